The summed E-state index contributed by atoms with van der Waals surface area (Å²) < 4.78 is 23.9. The predicted octanol–water partition coefficient (Wildman–Crippen LogP) is 2.02. The Morgan fingerprint density at radius 2 is 2.11 bits per heavy atom. The molecular formula is C19H26N4O3S. The SMILES string of the molecule is CC(C)C(=O)NCC1CCCN(c2ncnc3ccc(S(C)(=O)=O)cc23)C1. The molecule has 1 aliphatic heterocycles. The van der Waals surface area contributed by atoms with Crippen LogP contribution in [0, 0.1) is 11.8 Å². The third-order valence-electron chi connectivity index (χ3n) is 4.92. The van der Waals surface area contributed by atoms with Crippen LogP contribution in [0.3, 0.4) is 0 Å². The van der Waals surface area contributed by atoms with Crippen molar-refractivity contribution in [3.63, 3.8) is 0 Å². The standard InChI is InChI=1S/C19H26N4O3S/c1-13(2)19(24)20-10-14-5-4-8-23(11-14)18-16-9-15(27(3,25)26)6-7-17(16)21-12-22-18/h6-7,9,12-14H,4-5,8,10-11H2,1-3H3,(H,20,24). The van der Waals surface area contributed by atoms with E-state index in [1.165, 1.54) is 12.6 Å². The summed E-state index contributed by atoms with van der Waals surface area (Å²) in [5, 5.41) is 3.76. The molecule has 2 heterocycles. The average molecular weight is 391 g/mol. The fourth-order valence-corrected chi connectivity index (χ4v) is 4.03. The van der Waals surface area contributed by atoms with Gasteiger partial charge in [0, 0.05) is 37.2 Å². The number of amides is 1. The average Bonchev–Trinajstić information content (AvgIpc) is 2.64. The molecule has 1 amide bonds. The summed E-state index contributed by atoms with van der Waals surface area (Å²) in [6.45, 7) is 6.03. The van der Waals surface area contributed by atoms with E-state index in [-0.39, 0.29) is 16.7 Å². The van der Waals surface area contributed by atoms with Crippen molar-refractivity contribution in [1.29, 1.82) is 0 Å². The molecule has 7 nitrogen and oxygen atoms in total. The van der Waals surface area contributed by atoms with Crippen molar-refractivity contribution in [1.82, 2.24) is 15.3 Å². The molecule has 1 aliphatic rings. The molecule has 0 aliphatic carbocycles. The van der Waals surface area contributed by atoms with Gasteiger partial charge in [0.25, 0.3) is 0 Å². The number of fused-ring (bicyclic) bond motifs is 1. The van der Waals surface area contributed by atoms with E-state index in [9.17, 15) is 13.2 Å². The number of benzene rings is 1. The Hall–Kier alpha value is -2.22. The summed E-state index contributed by atoms with van der Waals surface area (Å²) >= 11 is 0. The molecular weight excluding hydrogens is 364 g/mol. The zero-order valence-corrected chi connectivity index (χ0v) is 16.8. The van der Waals surface area contributed by atoms with Gasteiger partial charge in [-0.15, -0.1) is 0 Å². The van der Waals surface area contributed by atoms with Gasteiger partial charge in [0.2, 0.25) is 5.91 Å². The number of aromatic nitrogens is 2. The molecule has 146 valence electrons. The van der Waals surface area contributed by atoms with Gasteiger partial charge in [0.05, 0.1) is 10.4 Å². The van der Waals surface area contributed by atoms with Crippen molar-refractivity contribution < 1.29 is 13.2 Å². The van der Waals surface area contributed by atoms with E-state index in [4.69, 9.17) is 0 Å². The normalized spacial score (nSPS) is 18.1. The van der Waals surface area contributed by atoms with Crippen LogP contribution in [0.15, 0.2) is 29.4 Å². The van der Waals surface area contributed by atoms with Crippen molar-refractivity contribution >= 4 is 32.5 Å². The molecule has 1 aromatic carbocycles. The van der Waals surface area contributed by atoms with E-state index in [0.29, 0.717) is 12.5 Å². The van der Waals surface area contributed by atoms with E-state index >= 15 is 0 Å². The zero-order valence-electron chi connectivity index (χ0n) is 16.0. The lowest BCUT2D eigenvalue weighted by atomic mass is 9.97. The second kappa shape index (κ2) is 7.80. The summed E-state index contributed by atoms with van der Waals surface area (Å²) in [5.74, 6) is 1.14. The number of carbonyl (C=O) groups is 1. The Kier molecular flexibility index (Phi) is 5.64. The van der Waals surface area contributed by atoms with Gasteiger partial charge in [-0.05, 0) is 37.0 Å². The molecule has 0 saturated carbocycles. The van der Waals surface area contributed by atoms with Crippen LogP contribution >= 0.6 is 0 Å². The first-order valence-corrected chi connectivity index (χ1v) is 11.1. The second-order valence-electron chi connectivity index (χ2n) is 7.50. The first-order chi connectivity index (χ1) is 12.8. The quantitative estimate of drug-likeness (QED) is 0.840. The fourth-order valence-electron chi connectivity index (χ4n) is 3.38. The Morgan fingerprint density at radius 1 is 1.33 bits per heavy atom. The van der Waals surface area contributed by atoms with Crippen LogP contribution in [0.25, 0.3) is 10.9 Å². The highest BCUT2D eigenvalue weighted by Gasteiger charge is 2.23. The molecule has 1 N–H and O–H groups in total. The number of hydrogen-bond donors (Lipinski definition) is 1. The molecule has 1 saturated heterocycles. The van der Waals surface area contributed by atoms with Gasteiger partial charge >= 0.3 is 0 Å². The van der Waals surface area contributed by atoms with E-state index in [2.05, 4.69) is 20.2 Å². The van der Waals surface area contributed by atoms with E-state index in [0.717, 1.165) is 42.7 Å². The molecule has 1 aromatic heterocycles. The molecule has 27 heavy (non-hydrogen) atoms. The highest BCUT2D eigenvalue weighted by Crippen LogP contribution is 2.29. The van der Waals surface area contributed by atoms with Crippen LogP contribution in [0.5, 0.6) is 0 Å². The van der Waals surface area contributed by atoms with Crippen molar-refractivity contribution in [3.05, 3.63) is 24.5 Å². The number of nitrogens with zero attached hydrogens (tertiary/aromatic N) is 3. The molecule has 1 unspecified atom stereocenters. The lowest BCUT2D eigenvalue weighted by Gasteiger charge is -2.34. The summed E-state index contributed by atoms with van der Waals surface area (Å²) in [5.41, 5.74) is 0.725. The van der Waals surface area contributed by atoms with E-state index < -0.39 is 9.84 Å². The summed E-state index contributed by atoms with van der Waals surface area (Å²) in [4.78, 5) is 23.0. The molecule has 1 fully saturated rings. The van der Waals surface area contributed by atoms with Gasteiger partial charge in [0.15, 0.2) is 9.84 Å². The maximum atomic E-state index is 11.9. The summed E-state index contributed by atoms with van der Waals surface area (Å²) in [7, 11) is -3.30. The van der Waals surface area contributed by atoms with Crippen molar-refractivity contribution in [2.24, 2.45) is 11.8 Å². The van der Waals surface area contributed by atoms with Crippen LogP contribution in [0.1, 0.15) is 26.7 Å². The Balaban J connectivity index is 1.84. The molecule has 0 radical (unpaired) electrons. The second-order valence-corrected chi connectivity index (χ2v) is 9.52. The first kappa shape index (κ1) is 19.5. The smallest absolute Gasteiger partial charge is 0.222 e. The minimum absolute atomic E-state index is 0.0232. The predicted molar refractivity (Wildman–Crippen MR) is 105 cm³/mol. The number of anilines is 1. The van der Waals surface area contributed by atoms with Crippen LogP contribution < -0.4 is 10.2 Å². The van der Waals surface area contributed by atoms with Crippen LogP contribution in [0.4, 0.5) is 5.82 Å². The zero-order chi connectivity index (χ0) is 19.6. The van der Waals surface area contributed by atoms with E-state index in [1.807, 2.05) is 13.8 Å². The van der Waals surface area contributed by atoms with Crippen LogP contribution in [-0.4, -0.2) is 50.2 Å². The maximum absolute atomic E-state index is 11.9. The van der Waals surface area contributed by atoms with Crippen molar-refractivity contribution in [3.8, 4) is 0 Å². The largest absolute Gasteiger partial charge is 0.356 e. The Labute approximate surface area is 160 Å². The van der Waals surface area contributed by atoms with Gasteiger partial charge in [-0.25, -0.2) is 18.4 Å². The Morgan fingerprint density at radius 3 is 2.81 bits per heavy atom. The van der Waals surface area contributed by atoms with Crippen molar-refractivity contribution in [2.75, 3.05) is 30.8 Å². The highest BCUT2D eigenvalue weighted by atomic mass is 32.2. The van der Waals surface area contributed by atoms with Gasteiger partial charge in [-0.3, -0.25) is 4.79 Å². The van der Waals surface area contributed by atoms with Gasteiger partial charge < -0.3 is 10.2 Å². The fraction of sp³-hybridized carbons (Fsp3) is 0.526. The number of sulfone groups is 1. The number of carbonyl (C=O) groups excluding carboxylic acids is 1. The first-order valence-electron chi connectivity index (χ1n) is 9.23. The minimum Gasteiger partial charge on any atom is -0.356 e. The number of rotatable bonds is 5. The van der Waals surface area contributed by atoms with E-state index in [1.54, 1.807) is 18.2 Å². The lowest BCUT2D eigenvalue weighted by molar-refractivity contribution is -0.124. The number of piperidine rings is 1. The monoisotopic (exact) mass is 390 g/mol. The third-order valence-corrected chi connectivity index (χ3v) is 6.03. The molecule has 2 aromatic rings. The van der Waals surface area contributed by atoms with Crippen LogP contribution in [0.2, 0.25) is 0 Å². The minimum atomic E-state index is -3.30. The molecule has 8 heteroatoms. The molecule has 0 bridgehead atoms. The molecule has 1 atom stereocenters. The van der Waals surface area contributed by atoms with Gasteiger partial charge in [-0.2, -0.15) is 0 Å². The maximum Gasteiger partial charge on any atom is 0.222 e. The summed E-state index contributed by atoms with van der Waals surface area (Å²) in [6.07, 6.45) is 4.76. The lowest BCUT2D eigenvalue weighted by Crippen LogP contribution is -2.42. The van der Waals surface area contributed by atoms with Crippen molar-refractivity contribution in [2.45, 2.75) is 31.6 Å². The van der Waals surface area contributed by atoms with Gasteiger partial charge in [0.1, 0.15) is 12.1 Å². The highest BCUT2D eigenvalue weighted by molar-refractivity contribution is 7.90. The Bertz CT molecular complexity index is 943. The molecule has 0 spiro atoms. The molecule has 3 rings (SSSR count). The van der Waals surface area contributed by atoms with Gasteiger partial charge in [-0.1, -0.05) is 13.8 Å². The van der Waals surface area contributed by atoms with Crippen LogP contribution in [-0.2, 0) is 14.6 Å². The summed E-state index contributed by atoms with van der Waals surface area (Å²) in [6, 6.07) is 4.96. The number of nitrogens with one attached hydrogen (secondary N) is 1. The number of hydrogen-bond acceptors (Lipinski definition) is 6. The third kappa shape index (κ3) is 4.55. The topological polar surface area (TPSA) is 92.3 Å².